The zero-order chi connectivity index (χ0) is 15.4. The third kappa shape index (κ3) is 3.89. The van der Waals surface area contributed by atoms with Crippen molar-refractivity contribution < 1.29 is 13.9 Å². The van der Waals surface area contributed by atoms with Crippen LogP contribution in [0.1, 0.15) is 5.56 Å². The number of benzene rings is 2. The summed E-state index contributed by atoms with van der Waals surface area (Å²) in [7, 11) is 3.13. The first kappa shape index (κ1) is 16.1. The van der Waals surface area contributed by atoms with Crippen LogP contribution in [-0.4, -0.2) is 14.2 Å². The molecule has 0 bridgehead atoms. The molecule has 2 aromatic rings. The molecule has 0 aliphatic rings. The van der Waals surface area contributed by atoms with E-state index in [2.05, 4.69) is 37.2 Å². The van der Waals surface area contributed by atoms with Crippen molar-refractivity contribution in [3.63, 3.8) is 0 Å². The van der Waals surface area contributed by atoms with Crippen LogP contribution < -0.4 is 14.8 Å². The van der Waals surface area contributed by atoms with Crippen molar-refractivity contribution in [2.45, 2.75) is 6.54 Å². The van der Waals surface area contributed by atoms with Crippen molar-refractivity contribution >= 4 is 37.5 Å². The number of ether oxygens (including phenoxy) is 2. The van der Waals surface area contributed by atoms with E-state index in [-0.39, 0.29) is 5.82 Å². The minimum absolute atomic E-state index is 0.327. The van der Waals surface area contributed by atoms with Crippen molar-refractivity contribution in [3.8, 4) is 11.5 Å². The van der Waals surface area contributed by atoms with Gasteiger partial charge in [-0.05, 0) is 61.7 Å². The Hall–Kier alpha value is -1.27. The average molecular weight is 419 g/mol. The summed E-state index contributed by atoms with van der Waals surface area (Å²) in [4.78, 5) is 0. The maximum Gasteiger partial charge on any atom is 0.147 e. The molecule has 0 spiro atoms. The third-order valence-corrected chi connectivity index (χ3v) is 4.09. The number of rotatable bonds is 5. The lowest BCUT2D eigenvalue weighted by Gasteiger charge is -2.13. The Morgan fingerprint density at radius 2 is 1.71 bits per heavy atom. The Balaban J connectivity index is 2.17. The standard InChI is InChI=1S/C15H14Br2FNO2/c1-20-14-7-10(18)3-4-13(14)19-8-9-5-11(16)15(21-2)12(17)6-9/h3-7,19H,8H2,1-2H3. The first-order valence-corrected chi connectivity index (χ1v) is 7.73. The Morgan fingerprint density at radius 3 is 2.29 bits per heavy atom. The molecule has 0 aliphatic carbocycles. The lowest BCUT2D eigenvalue weighted by atomic mass is 10.2. The Labute approximate surface area is 139 Å². The lowest BCUT2D eigenvalue weighted by Crippen LogP contribution is -2.02. The first-order valence-electron chi connectivity index (χ1n) is 6.14. The van der Waals surface area contributed by atoms with Crippen molar-refractivity contribution in [1.29, 1.82) is 0 Å². The normalized spacial score (nSPS) is 10.3. The number of methoxy groups -OCH3 is 2. The van der Waals surface area contributed by atoms with E-state index in [1.807, 2.05) is 12.1 Å². The summed E-state index contributed by atoms with van der Waals surface area (Å²) in [5.41, 5.74) is 1.78. The monoisotopic (exact) mass is 417 g/mol. The van der Waals surface area contributed by atoms with Crippen LogP contribution in [0.3, 0.4) is 0 Å². The highest BCUT2D eigenvalue weighted by Crippen LogP contribution is 2.35. The summed E-state index contributed by atoms with van der Waals surface area (Å²) in [6.07, 6.45) is 0. The van der Waals surface area contributed by atoms with Crippen LogP contribution in [0.15, 0.2) is 39.3 Å². The van der Waals surface area contributed by atoms with Crippen LogP contribution in [0, 0.1) is 5.82 Å². The quantitative estimate of drug-likeness (QED) is 0.742. The van der Waals surface area contributed by atoms with Crippen molar-refractivity contribution in [3.05, 3.63) is 50.7 Å². The molecule has 0 heterocycles. The van der Waals surface area contributed by atoms with E-state index in [1.54, 1.807) is 13.2 Å². The molecule has 2 aromatic carbocycles. The van der Waals surface area contributed by atoms with Gasteiger partial charge in [-0.1, -0.05) is 0 Å². The van der Waals surface area contributed by atoms with Gasteiger partial charge >= 0.3 is 0 Å². The van der Waals surface area contributed by atoms with Crippen LogP contribution in [0.2, 0.25) is 0 Å². The fraction of sp³-hybridized carbons (Fsp3) is 0.200. The molecule has 1 N–H and O–H groups in total. The van der Waals surface area contributed by atoms with E-state index in [0.717, 1.165) is 25.9 Å². The number of nitrogens with one attached hydrogen (secondary N) is 1. The fourth-order valence-corrected chi connectivity index (χ4v) is 3.52. The number of hydrogen-bond acceptors (Lipinski definition) is 3. The Morgan fingerprint density at radius 1 is 1.05 bits per heavy atom. The van der Waals surface area contributed by atoms with E-state index < -0.39 is 0 Å². The molecule has 0 radical (unpaired) electrons. The molecule has 6 heteroatoms. The van der Waals surface area contributed by atoms with Gasteiger partial charge in [0.25, 0.3) is 0 Å². The molecule has 0 fully saturated rings. The van der Waals surface area contributed by atoms with Crippen LogP contribution in [0.5, 0.6) is 11.5 Å². The van der Waals surface area contributed by atoms with Gasteiger partial charge in [0, 0.05) is 12.6 Å². The zero-order valence-corrected chi connectivity index (χ0v) is 14.7. The van der Waals surface area contributed by atoms with E-state index in [4.69, 9.17) is 9.47 Å². The van der Waals surface area contributed by atoms with Crippen molar-refractivity contribution in [1.82, 2.24) is 0 Å². The summed E-state index contributed by atoms with van der Waals surface area (Å²) in [5.74, 6) is 0.895. The summed E-state index contributed by atoms with van der Waals surface area (Å²) < 4.78 is 25.3. The molecule has 0 amide bonds. The van der Waals surface area contributed by atoms with Gasteiger partial charge in [-0.3, -0.25) is 0 Å². The molecule has 0 atom stereocenters. The fourth-order valence-electron chi connectivity index (χ4n) is 1.92. The first-order chi connectivity index (χ1) is 10.0. The van der Waals surface area contributed by atoms with Crippen molar-refractivity contribution in [2.24, 2.45) is 0 Å². The smallest absolute Gasteiger partial charge is 0.147 e. The van der Waals surface area contributed by atoms with E-state index in [0.29, 0.717) is 12.3 Å². The van der Waals surface area contributed by atoms with Gasteiger partial charge in [-0.15, -0.1) is 0 Å². The second-order valence-electron chi connectivity index (χ2n) is 4.29. The molecule has 0 saturated heterocycles. The minimum atomic E-state index is -0.327. The summed E-state index contributed by atoms with van der Waals surface area (Å²) in [5, 5.41) is 3.23. The van der Waals surface area contributed by atoms with Gasteiger partial charge in [0.2, 0.25) is 0 Å². The summed E-state index contributed by atoms with van der Waals surface area (Å²) in [6.45, 7) is 0.573. The molecule has 0 aromatic heterocycles. The van der Waals surface area contributed by atoms with Crippen LogP contribution in [-0.2, 0) is 6.54 Å². The second kappa shape index (κ2) is 7.13. The second-order valence-corrected chi connectivity index (χ2v) is 6.00. The van der Waals surface area contributed by atoms with E-state index >= 15 is 0 Å². The van der Waals surface area contributed by atoms with Gasteiger partial charge in [0.15, 0.2) is 0 Å². The summed E-state index contributed by atoms with van der Waals surface area (Å²) in [6, 6.07) is 8.33. The van der Waals surface area contributed by atoms with Crippen LogP contribution in [0.4, 0.5) is 10.1 Å². The maximum absolute atomic E-state index is 13.2. The maximum atomic E-state index is 13.2. The predicted molar refractivity (Wildman–Crippen MR) is 88.7 cm³/mol. The lowest BCUT2D eigenvalue weighted by molar-refractivity contribution is 0.409. The Bertz CT molecular complexity index is 627. The number of hydrogen-bond donors (Lipinski definition) is 1. The number of halogens is 3. The molecule has 112 valence electrons. The predicted octanol–water partition coefficient (Wildman–Crippen LogP) is 4.98. The van der Waals surface area contributed by atoms with Crippen LogP contribution in [0.25, 0.3) is 0 Å². The topological polar surface area (TPSA) is 30.5 Å². The van der Waals surface area contributed by atoms with Gasteiger partial charge < -0.3 is 14.8 Å². The summed E-state index contributed by atoms with van der Waals surface area (Å²) >= 11 is 6.93. The van der Waals surface area contributed by atoms with Gasteiger partial charge in [0.1, 0.15) is 17.3 Å². The molecular formula is C15H14Br2FNO2. The molecule has 21 heavy (non-hydrogen) atoms. The molecular weight excluding hydrogens is 405 g/mol. The molecule has 3 nitrogen and oxygen atoms in total. The average Bonchev–Trinajstić information content (AvgIpc) is 2.45. The molecule has 2 rings (SSSR count). The molecule has 0 saturated carbocycles. The van der Waals surface area contributed by atoms with Gasteiger partial charge in [-0.2, -0.15) is 0 Å². The SMILES string of the molecule is COc1cc(F)ccc1NCc1cc(Br)c(OC)c(Br)c1. The molecule has 0 unspecified atom stereocenters. The highest BCUT2D eigenvalue weighted by atomic mass is 79.9. The van der Waals surface area contributed by atoms with Gasteiger partial charge in [-0.25, -0.2) is 4.39 Å². The van der Waals surface area contributed by atoms with Crippen LogP contribution >= 0.6 is 31.9 Å². The van der Waals surface area contributed by atoms with Crippen molar-refractivity contribution in [2.75, 3.05) is 19.5 Å². The largest absolute Gasteiger partial charge is 0.494 e. The highest BCUT2D eigenvalue weighted by molar-refractivity contribution is 9.11. The van der Waals surface area contributed by atoms with Gasteiger partial charge in [0.05, 0.1) is 28.9 Å². The van der Waals surface area contributed by atoms with E-state index in [9.17, 15) is 4.39 Å². The zero-order valence-electron chi connectivity index (χ0n) is 11.5. The highest BCUT2D eigenvalue weighted by Gasteiger charge is 2.09. The minimum Gasteiger partial charge on any atom is -0.494 e. The number of anilines is 1. The molecule has 0 aliphatic heterocycles. The Kier molecular flexibility index (Phi) is 5.47. The third-order valence-electron chi connectivity index (χ3n) is 2.91. The van der Waals surface area contributed by atoms with E-state index in [1.165, 1.54) is 19.2 Å².